The summed E-state index contributed by atoms with van der Waals surface area (Å²) >= 11 is 0. The van der Waals surface area contributed by atoms with Crippen LogP contribution in [0.4, 0.5) is 17.2 Å². The number of amides is 2. The number of carbonyl (C=O) groups excluding carboxylic acids is 2. The Bertz CT molecular complexity index is 2230. The number of likely N-dealkylation sites (tertiary alicyclic amines) is 1. The average Bonchev–Trinajstić information content (AvgIpc) is 3.86. The van der Waals surface area contributed by atoms with Gasteiger partial charge in [0.1, 0.15) is 5.52 Å². The molecular formula is C40H48N8O4S. The number of anilines is 3. The minimum absolute atomic E-state index is 0.105. The zero-order chi connectivity index (χ0) is 36.6. The van der Waals surface area contributed by atoms with Crippen molar-refractivity contribution in [2.24, 2.45) is 0 Å². The quantitative estimate of drug-likeness (QED) is 0.243. The number of hydrogen-bond donors (Lipinski definition) is 2. The van der Waals surface area contributed by atoms with Gasteiger partial charge in [-0.3, -0.25) is 9.59 Å². The number of fused-ring (bicyclic) bond motifs is 3. The first-order valence-electron chi connectivity index (χ1n) is 19.2. The number of sulfonamides is 1. The lowest BCUT2D eigenvalue weighted by Crippen LogP contribution is -2.58. The van der Waals surface area contributed by atoms with Crippen LogP contribution in [0, 0.1) is 6.92 Å². The van der Waals surface area contributed by atoms with Gasteiger partial charge in [-0.05, 0) is 107 Å². The van der Waals surface area contributed by atoms with Crippen LogP contribution in [0.2, 0.25) is 0 Å². The summed E-state index contributed by atoms with van der Waals surface area (Å²) in [6, 6.07) is 15.0. The lowest BCUT2D eigenvalue weighted by Gasteiger charge is -2.48. The van der Waals surface area contributed by atoms with E-state index in [0.29, 0.717) is 49.4 Å². The summed E-state index contributed by atoms with van der Waals surface area (Å²) in [6.45, 7) is 4.85. The molecule has 2 N–H and O–H groups in total. The zero-order valence-electron chi connectivity index (χ0n) is 30.8. The van der Waals surface area contributed by atoms with Crippen molar-refractivity contribution >= 4 is 50.1 Å². The maximum atomic E-state index is 14.8. The van der Waals surface area contributed by atoms with Gasteiger partial charge in [0.05, 0.1) is 29.2 Å². The predicted octanol–water partition coefficient (Wildman–Crippen LogP) is 5.50. The summed E-state index contributed by atoms with van der Waals surface area (Å²) in [4.78, 5) is 42.2. The predicted molar refractivity (Wildman–Crippen MR) is 206 cm³/mol. The first kappa shape index (κ1) is 34.4. The normalized spacial score (nSPS) is 23.3. The molecule has 4 fully saturated rings. The monoisotopic (exact) mass is 736 g/mol. The van der Waals surface area contributed by atoms with Crippen LogP contribution in [0.15, 0.2) is 48.8 Å². The van der Waals surface area contributed by atoms with Crippen LogP contribution in [0.25, 0.3) is 22.3 Å². The van der Waals surface area contributed by atoms with Crippen molar-refractivity contribution in [3.05, 3.63) is 65.5 Å². The third-order valence-electron chi connectivity index (χ3n) is 12.6. The molecule has 2 aromatic carbocycles. The standard InChI is InChI=1S/C40H48N8O4S/c1-25-7-9-27(20-31(25)38(49)41-2)43-37-36-34(42-24-47(36)28-10-11-28)23-33(44-37)26-8-12-32-35(19-26)48(30-21-29(22-30)45-15-5-4-6-16-45)39(50)40(32)13-17-46(18-14-40)53(3,51)52/h7-9,12,19-20,23-24,28-30H,4-6,10-11,13-18,21-22H2,1-3H3,(H,41,49)(H,43,44). The van der Waals surface area contributed by atoms with Crippen LogP contribution in [0.5, 0.6) is 0 Å². The Morgan fingerprint density at radius 1 is 0.925 bits per heavy atom. The highest BCUT2D eigenvalue weighted by Crippen LogP contribution is 2.52. The van der Waals surface area contributed by atoms with Gasteiger partial charge in [0.25, 0.3) is 5.91 Å². The Hall–Kier alpha value is -4.33. The average molecular weight is 737 g/mol. The van der Waals surface area contributed by atoms with Crippen LogP contribution in [-0.2, 0) is 20.2 Å². The number of nitrogens with one attached hydrogen (secondary N) is 2. The van der Waals surface area contributed by atoms with E-state index in [-0.39, 0.29) is 17.9 Å². The Labute approximate surface area is 311 Å². The Morgan fingerprint density at radius 2 is 1.68 bits per heavy atom. The SMILES string of the molecule is CNC(=O)c1cc(Nc2nc(-c3ccc4c(c3)N(C3CC(N5CCCCC5)C3)C(=O)C43CCN(S(C)(=O)=O)CC3)cc3ncn(C4CC4)c23)ccc1C. The molecule has 2 aromatic heterocycles. The molecule has 0 unspecified atom stereocenters. The number of rotatable bonds is 8. The van der Waals surface area contributed by atoms with Gasteiger partial charge in [-0.1, -0.05) is 24.6 Å². The molecule has 4 aromatic rings. The third-order valence-corrected chi connectivity index (χ3v) is 13.9. The van der Waals surface area contributed by atoms with Crippen molar-refractivity contribution in [2.45, 2.75) is 88.3 Å². The largest absolute Gasteiger partial charge is 0.355 e. The molecule has 12 nitrogen and oxygen atoms in total. The second-order valence-corrected chi connectivity index (χ2v) is 17.9. The number of imidazole rings is 1. The molecule has 278 valence electrons. The van der Waals surface area contributed by atoms with Crippen molar-refractivity contribution in [1.29, 1.82) is 0 Å². The minimum atomic E-state index is -3.35. The van der Waals surface area contributed by atoms with E-state index >= 15 is 0 Å². The molecule has 1 spiro atoms. The molecule has 2 aliphatic carbocycles. The van der Waals surface area contributed by atoms with Crippen LogP contribution in [0.3, 0.4) is 0 Å². The van der Waals surface area contributed by atoms with Gasteiger partial charge in [0.2, 0.25) is 15.9 Å². The van der Waals surface area contributed by atoms with E-state index < -0.39 is 15.4 Å². The number of hydrogen-bond acceptors (Lipinski definition) is 8. The minimum Gasteiger partial charge on any atom is -0.355 e. The van der Waals surface area contributed by atoms with Crippen molar-refractivity contribution in [1.82, 2.24) is 29.1 Å². The lowest BCUT2D eigenvalue weighted by atomic mass is 9.73. The molecule has 13 heteroatoms. The summed E-state index contributed by atoms with van der Waals surface area (Å²) < 4.78 is 28.7. The fourth-order valence-electron chi connectivity index (χ4n) is 9.29. The Kier molecular flexibility index (Phi) is 8.39. The molecule has 2 amide bonds. The molecule has 53 heavy (non-hydrogen) atoms. The summed E-state index contributed by atoms with van der Waals surface area (Å²) in [6.07, 6.45) is 11.9. The smallest absolute Gasteiger partial charge is 0.251 e. The highest BCUT2D eigenvalue weighted by Gasteiger charge is 2.56. The second-order valence-electron chi connectivity index (χ2n) is 15.9. The Morgan fingerprint density at radius 3 is 2.38 bits per heavy atom. The van der Waals surface area contributed by atoms with E-state index in [1.54, 1.807) is 7.05 Å². The number of piperidine rings is 2. The number of benzene rings is 2. The van der Waals surface area contributed by atoms with Crippen molar-refractivity contribution in [3.63, 3.8) is 0 Å². The van der Waals surface area contributed by atoms with Crippen LogP contribution in [-0.4, -0.2) is 95.5 Å². The van der Waals surface area contributed by atoms with E-state index in [1.807, 2.05) is 37.5 Å². The topological polar surface area (TPSA) is 133 Å². The molecule has 0 bridgehead atoms. The van der Waals surface area contributed by atoms with Gasteiger partial charge in [-0.2, -0.15) is 0 Å². The van der Waals surface area contributed by atoms with E-state index in [4.69, 9.17) is 9.97 Å². The lowest BCUT2D eigenvalue weighted by molar-refractivity contribution is -0.125. The van der Waals surface area contributed by atoms with Gasteiger partial charge in [-0.15, -0.1) is 0 Å². The summed E-state index contributed by atoms with van der Waals surface area (Å²) in [5.74, 6) is 0.627. The van der Waals surface area contributed by atoms with Gasteiger partial charge in [0.15, 0.2) is 5.82 Å². The molecule has 9 rings (SSSR count). The summed E-state index contributed by atoms with van der Waals surface area (Å²) in [7, 11) is -1.71. The van der Waals surface area contributed by atoms with Gasteiger partial charge in [0, 0.05) is 60.8 Å². The molecule has 2 saturated heterocycles. The summed E-state index contributed by atoms with van der Waals surface area (Å²) in [5.41, 5.74) is 6.79. The third kappa shape index (κ3) is 5.91. The summed E-state index contributed by atoms with van der Waals surface area (Å²) in [5, 5.41) is 6.28. The van der Waals surface area contributed by atoms with E-state index in [9.17, 15) is 18.0 Å². The van der Waals surface area contributed by atoms with Crippen LogP contribution >= 0.6 is 0 Å². The van der Waals surface area contributed by atoms with Crippen molar-refractivity contribution in [2.75, 3.05) is 49.7 Å². The first-order valence-corrected chi connectivity index (χ1v) is 21.0. The van der Waals surface area contributed by atoms with E-state index in [0.717, 1.165) is 83.6 Å². The highest BCUT2D eigenvalue weighted by atomic mass is 32.2. The molecule has 5 aliphatic rings. The molecule has 3 aliphatic heterocycles. The van der Waals surface area contributed by atoms with Crippen LogP contribution < -0.4 is 15.5 Å². The number of aryl methyl sites for hydroxylation is 1. The second kappa shape index (κ2) is 12.9. The maximum Gasteiger partial charge on any atom is 0.251 e. The van der Waals surface area contributed by atoms with Crippen LogP contribution in [0.1, 0.15) is 85.3 Å². The first-order chi connectivity index (χ1) is 25.5. The van der Waals surface area contributed by atoms with E-state index in [2.05, 4.69) is 43.2 Å². The fourth-order valence-corrected chi connectivity index (χ4v) is 10.1. The molecule has 0 radical (unpaired) electrons. The number of pyridine rings is 1. The number of nitrogens with zero attached hydrogens (tertiary/aromatic N) is 6. The molecule has 5 heterocycles. The zero-order valence-corrected chi connectivity index (χ0v) is 31.6. The molecule has 2 saturated carbocycles. The molecule has 0 atom stereocenters. The van der Waals surface area contributed by atoms with Gasteiger partial charge < -0.3 is 25.0 Å². The van der Waals surface area contributed by atoms with Crippen molar-refractivity contribution in [3.8, 4) is 11.3 Å². The maximum absolute atomic E-state index is 14.8. The van der Waals surface area contributed by atoms with E-state index in [1.165, 1.54) is 29.8 Å². The Balaban J connectivity index is 1.10. The fraction of sp³-hybridized carbons (Fsp3) is 0.500. The van der Waals surface area contributed by atoms with Crippen molar-refractivity contribution < 1.29 is 18.0 Å². The highest BCUT2D eigenvalue weighted by molar-refractivity contribution is 7.88. The van der Waals surface area contributed by atoms with Gasteiger partial charge in [-0.25, -0.2) is 22.7 Å². The number of carbonyl (C=O) groups is 2. The van der Waals surface area contributed by atoms with Gasteiger partial charge >= 0.3 is 0 Å². The number of aromatic nitrogens is 3. The molecular weight excluding hydrogens is 689 g/mol.